The first-order chi connectivity index (χ1) is 13.8. The largest absolute Gasteiger partial charge is 0.496 e. The minimum absolute atomic E-state index is 0.0179. The number of hydrogen-bond donors (Lipinski definition) is 0. The lowest BCUT2D eigenvalue weighted by Gasteiger charge is -2.26. The van der Waals surface area contributed by atoms with Crippen LogP contribution in [0.5, 0.6) is 5.75 Å². The number of amides is 1. The van der Waals surface area contributed by atoms with Crippen molar-refractivity contribution in [2.24, 2.45) is 4.99 Å². The van der Waals surface area contributed by atoms with Crippen molar-refractivity contribution in [3.8, 4) is 5.75 Å². The van der Waals surface area contributed by atoms with Crippen LogP contribution in [0.4, 0.5) is 0 Å². The van der Waals surface area contributed by atoms with Crippen LogP contribution in [0.1, 0.15) is 36.0 Å². The van der Waals surface area contributed by atoms with Crippen LogP contribution in [0.3, 0.4) is 0 Å². The lowest BCUT2D eigenvalue weighted by atomic mass is 9.95. The van der Waals surface area contributed by atoms with Crippen LogP contribution < -0.4 is 9.54 Å². The lowest BCUT2D eigenvalue weighted by molar-refractivity contribution is 0.0363. The first kappa shape index (κ1) is 22.0. The van der Waals surface area contributed by atoms with E-state index in [9.17, 15) is 4.79 Å². The van der Waals surface area contributed by atoms with E-state index in [1.165, 1.54) is 12.0 Å². The Morgan fingerprint density at radius 2 is 2.00 bits per heavy atom. The summed E-state index contributed by atoms with van der Waals surface area (Å²) in [6.45, 7) is 11.6. The molecule has 0 bridgehead atoms. The van der Waals surface area contributed by atoms with Crippen molar-refractivity contribution in [1.29, 1.82) is 0 Å². The number of methoxy groups -OCH3 is 1. The molecule has 6 nitrogen and oxygen atoms in total. The van der Waals surface area contributed by atoms with Crippen molar-refractivity contribution in [2.75, 3.05) is 40.0 Å². The number of ether oxygens (including phenoxy) is 2. The molecule has 0 atom stereocenters. The van der Waals surface area contributed by atoms with Crippen molar-refractivity contribution in [3.63, 3.8) is 0 Å². The quantitative estimate of drug-likeness (QED) is 0.717. The predicted molar refractivity (Wildman–Crippen MR) is 116 cm³/mol. The van der Waals surface area contributed by atoms with Gasteiger partial charge in [0.15, 0.2) is 4.80 Å². The van der Waals surface area contributed by atoms with Crippen LogP contribution >= 0.6 is 22.9 Å². The first-order valence-electron chi connectivity index (χ1n) is 9.71. The second-order valence-corrected chi connectivity index (χ2v) is 9.48. The van der Waals surface area contributed by atoms with Crippen LogP contribution in [0, 0.1) is 0 Å². The fraction of sp³-hybridized carbons (Fsp3) is 0.524. The number of rotatable bonds is 5. The van der Waals surface area contributed by atoms with Crippen molar-refractivity contribution in [2.45, 2.75) is 32.7 Å². The highest BCUT2D eigenvalue weighted by Gasteiger charge is 2.20. The van der Waals surface area contributed by atoms with Gasteiger partial charge in [0.05, 0.1) is 25.9 Å². The number of carbonyl (C=O) groups is 1. The van der Waals surface area contributed by atoms with Crippen molar-refractivity contribution < 1.29 is 14.3 Å². The molecule has 0 radical (unpaired) electrons. The molecule has 0 spiro atoms. The van der Waals surface area contributed by atoms with Gasteiger partial charge in [0.2, 0.25) is 0 Å². The van der Waals surface area contributed by atoms with Gasteiger partial charge in [-0.15, -0.1) is 11.3 Å². The van der Waals surface area contributed by atoms with Crippen LogP contribution in [0.25, 0.3) is 0 Å². The SMILES string of the molecule is COc1ccc(Cl)cc1C(=O)/N=c1\sc(C(C)(C)C)cn1CCN1CCOCC1. The average Bonchev–Trinajstić information content (AvgIpc) is 3.10. The van der Waals surface area contributed by atoms with Gasteiger partial charge in [-0.1, -0.05) is 32.4 Å². The van der Waals surface area contributed by atoms with Gasteiger partial charge < -0.3 is 14.0 Å². The van der Waals surface area contributed by atoms with Crippen molar-refractivity contribution in [3.05, 3.63) is 44.7 Å². The minimum Gasteiger partial charge on any atom is -0.496 e. The Bertz CT molecular complexity index is 924. The van der Waals surface area contributed by atoms with Gasteiger partial charge in [0, 0.05) is 42.3 Å². The highest BCUT2D eigenvalue weighted by molar-refractivity contribution is 7.09. The molecule has 1 aromatic heterocycles. The Balaban J connectivity index is 1.92. The number of halogens is 1. The molecule has 1 saturated heterocycles. The summed E-state index contributed by atoms with van der Waals surface area (Å²) in [4.78, 5) is 21.6. The zero-order chi connectivity index (χ0) is 21.0. The van der Waals surface area contributed by atoms with E-state index in [0.29, 0.717) is 21.1 Å². The Labute approximate surface area is 180 Å². The summed E-state index contributed by atoms with van der Waals surface area (Å²) < 4.78 is 12.8. The monoisotopic (exact) mass is 437 g/mol. The Morgan fingerprint density at radius 3 is 2.66 bits per heavy atom. The van der Waals surface area contributed by atoms with E-state index in [1.807, 2.05) is 0 Å². The maximum Gasteiger partial charge on any atom is 0.283 e. The van der Waals surface area contributed by atoms with Crippen molar-refractivity contribution >= 4 is 28.8 Å². The molecule has 29 heavy (non-hydrogen) atoms. The van der Waals surface area contributed by atoms with Crippen molar-refractivity contribution in [1.82, 2.24) is 9.47 Å². The molecule has 1 fully saturated rings. The third-order valence-corrected chi connectivity index (χ3v) is 6.49. The number of hydrogen-bond acceptors (Lipinski definition) is 5. The van der Waals surface area contributed by atoms with Gasteiger partial charge in [-0.05, 0) is 23.6 Å². The van der Waals surface area contributed by atoms with Gasteiger partial charge in [-0.2, -0.15) is 4.99 Å². The molecule has 158 valence electrons. The maximum absolute atomic E-state index is 12.9. The first-order valence-corrected chi connectivity index (χ1v) is 10.9. The number of thiazole rings is 1. The summed E-state index contributed by atoms with van der Waals surface area (Å²) in [7, 11) is 1.53. The topological polar surface area (TPSA) is 56.1 Å². The summed E-state index contributed by atoms with van der Waals surface area (Å²) in [5, 5.41) is 0.478. The number of nitrogens with zero attached hydrogens (tertiary/aromatic N) is 3. The zero-order valence-electron chi connectivity index (χ0n) is 17.4. The second kappa shape index (κ2) is 9.43. The molecule has 0 unspecified atom stereocenters. The molecule has 0 saturated carbocycles. The Morgan fingerprint density at radius 1 is 1.28 bits per heavy atom. The van der Waals surface area contributed by atoms with Gasteiger partial charge in [-0.3, -0.25) is 9.69 Å². The Kier molecular flexibility index (Phi) is 7.16. The Hall–Kier alpha value is -1.67. The minimum atomic E-state index is -0.355. The summed E-state index contributed by atoms with van der Waals surface area (Å²) in [6.07, 6.45) is 2.12. The van der Waals surface area contributed by atoms with Gasteiger partial charge >= 0.3 is 0 Å². The highest BCUT2D eigenvalue weighted by atomic mass is 35.5. The fourth-order valence-electron chi connectivity index (χ4n) is 3.04. The van der Waals surface area contributed by atoms with E-state index < -0.39 is 0 Å². The molecule has 2 heterocycles. The van der Waals surface area contributed by atoms with Gasteiger partial charge in [0.1, 0.15) is 5.75 Å². The highest BCUT2D eigenvalue weighted by Crippen LogP contribution is 2.25. The molecule has 3 rings (SSSR count). The number of aromatic nitrogens is 1. The summed E-state index contributed by atoms with van der Waals surface area (Å²) >= 11 is 7.64. The normalized spacial score (nSPS) is 16.2. The molecule has 0 aliphatic carbocycles. The molecule has 1 aromatic carbocycles. The molecule has 1 amide bonds. The van der Waals surface area contributed by atoms with Gasteiger partial charge in [-0.25, -0.2) is 0 Å². The average molecular weight is 438 g/mol. The van der Waals surface area contributed by atoms with Crippen LogP contribution in [-0.4, -0.2) is 55.3 Å². The second-order valence-electron chi connectivity index (χ2n) is 8.04. The maximum atomic E-state index is 12.9. The summed E-state index contributed by atoms with van der Waals surface area (Å²) in [5.41, 5.74) is 0.348. The van der Waals surface area contributed by atoms with E-state index in [4.69, 9.17) is 21.1 Å². The molecular formula is C21H28ClN3O3S. The molecule has 1 aliphatic rings. The molecular weight excluding hydrogens is 410 g/mol. The van der Waals surface area contributed by atoms with Crippen LogP contribution in [0.15, 0.2) is 29.4 Å². The van der Waals surface area contributed by atoms with Crippen LogP contribution in [-0.2, 0) is 16.7 Å². The van der Waals surface area contributed by atoms with E-state index in [-0.39, 0.29) is 11.3 Å². The fourth-order valence-corrected chi connectivity index (χ4v) is 4.29. The third kappa shape index (κ3) is 5.69. The molecule has 2 aromatic rings. The molecule has 8 heteroatoms. The van der Waals surface area contributed by atoms with E-state index in [0.717, 1.165) is 39.4 Å². The number of benzene rings is 1. The molecule has 1 aliphatic heterocycles. The van der Waals surface area contributed by atoms with E-state index in [1.54, 1.807) is 29.5 Å². The molecule has 0 N–H and O–H groups in total. The van der Waals surface area contributed by atoms with Gasteiger partial charge in [0.25, 0.3) is 5.91 Å². The van der Waals surface area contributed by atoms with Crippen LogP contribution in [0.2, 0.25) is 5.02 Å². The predicted octanol–water partition coefficient (Wildman–Crippen LogP) is 3.58. The van der Waals surface area contributed by atoms with E-state index >= 15 is 0 Å². The summed E-state index contributed by atoms with van der Waals surface area (Å²) in [6, 6.07) is 4.98. The number of carbonyl (C=O) groups excluding carboxylic acids is 1. The standard InChI is InChI=1S/C21H28ClN3O3S/c1-21(2,3)18-14-25(8-7-24-9-11-28-12-10-24)20(29-18)23-19(26)16-13-15(22)5-6-17(16)27-4/h5-6,13-14H,7-12H2,1-4H3/b23-20-. The smallest absolute Gasteiger partial charge is 0.283 e. The zero-order valence-corrected chi connectivity index (χ0v) is 19.0. The third-order valence-electron chi connectivity index (χ3n) is 4.81. The number of morpholine rings is 1. The van der Waals surface area contributed by atoms with E-state index in [2.05, 4.69) is 41.4 Å². The lowest BCUT2D eigenvalue weighted by Crippen LogP contribution is -2.38. The summed E-state index contributed by atoms with van der Waals surface area (Å²) in [5.74, 6) is 0.113.